The van der Waals surface area contributed by atoms with E-state index in [-0.39, 0.29) is 0 Å². The first-order valence-corrected chi connectivity index (χ1v) is 14.3. The Morgan fingerprint density at radius 2 is 1.09 bits per heavy atom. The van der Waals surface area contributed by atoms with Gasteiger partial charge in [0.2, 0.25) is 6.17 Å². The van der Waals surface area contributed by atoms with E-state index in [9.17, 15) is 0 Å². The van der Waals surface area contributed by atoms with Crippen molar-refractivity contribution in [2.24, 2.45) is 21.8 Å². The number of hydrogen-bond acceptors (Lipinski definition) is 2. The van der Waals surface area contributed by atoms with Crippen molar-refractivity contribution in [2.75, 3.05) is 0 Å². The molecule has 184 valence electrons. The fourth-order valence-corrected chi connectivity index (χ4v) is 5.24. The van der Waals surface area contributed by atoms with Gasteiger partial charge in [0.1, 0.15) is 0 Å². The Bertz CT molecular complexity index is 609. The molecule has 1 aromatic rings. The van der Waals surface area contributed by atoms with E-state index in [1.54, 1.807) is 0 Å². The average Bonchev–Trinajstić information content (AvgIpc) is 3.37. The zero-order valence-electron chi connectivity index (χ0n) is 21.8. The first kappa shape index (κ1) is 27.7. The quantitative estimate of drug-likeness (QED) is 0.131. The fraction of sp³-hybridized carbons (Fsp3) is 0.710. The van der Waals surface area contributed by atoms with Crippen molar-refractivity contribution in [1.29, 1.82) is 0 Å². The normalized spacial score (nSPS) is 14.8. The first-order valence-electron chi connectivity index (χ1n) is 14.3. The smallest absolute Gasteiger partial charge is 0.0965 e. The Kier molecular flexibility index (Phi) is 15.8. The van der Waals surface area contributed by atoms with Crippen LogP contribution in [0.15, 0.2) is 40.3 Å². The molecule has 1 heterocycles. The van der Waals surface area contributed by atoms with Crippen molar-refractivity contribution in [3.8, 4) is 0 Å². The SMILES string of the molecule is CCCCCCCCCCCC([C+]1N=CC=N1)C(CCCCCCCC)Cc1ccccc1. The lowest BCUT2D eigenvalue weighted by molar-refractivity contribution is 0.284. The van der Waals surface area contributed by atoms with E-state index < -0.39 is 0 Å². The lowest BCUT2D eigenvalue weighted by Crippen LogP contribution is -2.22. The van der Waals surface area contributed by atoms with Gasteiger partial charge in [0.25, 0.3) is 0 Å². The number of unbranched alkanes of at least 4 members (excludes halogenated alkanes) is 13. The molecular weight excluding hydrogens is 400 g/mol. The van der Waals surface area contributed by atoms with Gasteiger partial charge in [-0.05, 0) is 30.7 Å². The molecule has 0 N–H and O–H groups in total. The average molecular weight is 452 g/mol. The van der Waals surface area contributed by atoms with E-state index in [1.807, 2.05) is 12.4 Å². The minimum Gasteiger partial charge on any atom is -0.0965 e. The summed E-state index contributed by atoms with van der Waals surface area (Å²) >= 11 is 0. The van der Waals surface area contributed by atoms with E-state index in [0.717, 1.165) is 12.6 Å². The van der Waals surface area contributed by atoms with Crippen LogP contribution in [0, 0.1) is 18.0 Å². The maximum absolute atomic E-state index is 4.69. The lowest BCUT2D eigenvalue weighted by Gasteiger charge is -2.26. The van der Waals surface area contributed by atoms with E-state index in [1.165, 1.54) is 115 Å². The third kappa shape index (κ3) is 12.5. The molecule has 2 rings (SSSR count). The summed E-state index contributed by atoms with van der Waals surface area (Å²) in [6, 6.07) is 11.1. The zero-order valence-corrected chi connectivity index (χ0v) is 21.8. The monoisotopic (exact) mass is 451 g/mol. The third-order valence-corrected chi connectivity index (χ3v) is 7.27. The van der Waals surface area contributed by atoms with Crippen LogP contribution in [-0.2, 0) is 6.42 Å². The maximum Gasteiger partial charge on any atom is 0.244 e. The van der Waals surface area contributed by atoms with Crippen molar-refractivity contribution < 1.29 is 0 Å². The standard InChI is InChI=1S/C31H51N2/c1-3-5-7-9-11-12-13-15-20-24-30(31-32-25-26-33-31)29(23-19-14-10-8-6-4-2)27-28-21-17-16-18-22-28/h16-18,21-22,25-26,29-30H,3-15,19-20,23-24,27H2,1-2H3/q+1. The predicted octanol–water partition coefficient (Wildman–Crippen LogP) is 9.78. The number of aliphatic imine (C=N–C) groups is 2. The molecule has 0 amide bonds. The van der Waals surface area contributed by atoms with Crippen molar-refractivity contribution in [3.63, 3.8) is 0 Å². The van der Waals surface area contributed by atoms with Gasteiger partial charge < -0.3 is 0 Å². The molecule has 2 nitrogen and oxygen atoms in total. The van der Waals surface area contributed by atoms with Crippen LogP contribution in [0.3, 0.4) is 0 Å². The van der Waals surface area contributed by atoms with Crippen molar-refractivity contribution in [1.82, 2.24) is 0 Å². The Hall–Kier alpha value is -1.57. The Morgan fingerprint density at radius 1 is 0.606 bits per heavy atom. The van der Waals surface area contributed by atoms with E-state index in [2.05, 4.69) is 44.2 Å². The molecule has 2 unspecified atom stereocenters. The van der Waals surface area contributed by atoms with Gasteiger partial charge in [-0.1, -0.05) is 150 Å². The molecule has 0 aromatic heterocycles. The summed E-state index contributed by atoms with van der Waals surface area (Å²) in [5.74, 6) is 1.15. The van der Waals surface area contributed by atoms with Crippen molar-refractivity contribution >= 4 is 12.4 Å². The molecule has 0 spiro atoms. The largest absolute Gasteiger partial charge is 0.244 e. The van der Waals surface area contributed by atoms with Gasteiger partial charge in [-0.25, -0.2) is 0 Å². The van der Waals surface area contributed by atoms with Crippen LogP contribution in [0.2, 0.25) is 0 Å². The summed E-state index contributed by atoms with van der Waals surface area (Å²) in [6.07, 6.45) is 29.3. The molecule has 0 fully saturated rings. The maximum atomic E-state index is 4.69. The van der Waals surface area contributed by atoms with Crippen LogP contribution in [0.25, 0.3) is 0 Å². The van der Waals surface area contributed by atoms with Gasteiger partial charge in [-0.3, -0.25) is 0 Å². The number of hydrogen-bond donors (Lipinski definition) is 0. The highest BCUT2D eigenvalue weighted by Crippen LogP contribution is 2.37. The van der Waals surface area contributed by atoms with Crippen molar-refractivity contribution in [3.05, 3.63) is 42.1 Å². The summed E-state index contributed by atoms with van der Waals surface area (Å²) in [4.78, 5) is 9.39. The van der Waals surface area contributed by atoms with Crippen LogP contribution < -0.4 is 0 Å². The Balaban J connectivity index is 1.86. The number of benzene rings is 1. The van der Waals surface area contributed by atoms with Crippen LogP contribution >= 0.6 is 0 Å². The fourth-order valence-electron chi connectivity index (χ4n) is 5.24. The van der Waals surface area contributed by atoms with Gasteiger partial charge in [0, 0.05) is 0 Å². The summed E-state index contributed by atoms with van der Waals surface area (Å²) < 4.78 is 0. The molecule has 33 heavy (non-hydrogen) atoms. The first-order chi connectivity index (χ1) is 16.3. The number of nitrogens with zero attached hydrogens (tertiary/aromatic N) is 2. The summed E-state index contributed by atoms with van der Waals surface area (Å²) in [7, 11) is 0. The topological polar surface area (TPSA) is 24.7 Å². The molecule has 1 aromatic carbocycles. The highest BCUT2D eigenvalue weighted by atomic mass is 15.0. The molecule has 2 heteroatoms. The van der Waals surface area contributed by atoms with E-state index in [4.69, 9.17) is 9.98 Å². The van der Waals surface area contributed by atoms with Crippen LogP contribution in [0.5, 0.6) is 0 Å². The summed E-state index contributed by atoms with van der Waals surface area (Å²) in [6.45, 7) is 4.59. The molecule has 0 radical (unpaired) electrons. The predicted molar refractivity (Wildman–Crippen MR) is 147 cm³/mol. The lowest BCUT2D eigenvalue weighted by atomic mass is 9.78. The van der Waals surface area contributed by atoms with Crippen LogP contribution in [0.4, 0.5) is 0 Å². The van der Waals surface area contributed by atoms with Gasteiger partial charge in [0.05, 0.1) is 5.92 Å². The molecule has 0 saturated heterocycles. The minimum atomic E-state index is 0.500. The highest BCUT2D eigenvalue weighted by Gasteiger charge is 2.35. The minimum absolute atomic E-state index is 0.500. The Morgan fingerprint density at radius 3 is 1.64 bits per heavy atom. The summed E-state index contributed by atoms with van der Waals surface area (Å²) in [5, 5.41) is 0. The molecule has 2 atom stereocenters. The van der Waals surface area contributed by atoms with Crippen LogP contribution in [-0.4, -0.2) is 12.4 Å². The van der Waals surface area contributed by atoms with Gasteiger partial charge >= 0.3 is 0 Å². The molecule has 0 bridgehead atoms. The molecule has 0 saturated carbocycles. The molecule has 0 aliphatic carbocycles. The molecule has 1 aliphatic rings. The van der Waals surface area contributed by atoms with E-state index >= 15 is 0 Å². The molecule has 1 aliphatic heterocycles. The second-order valence-corrected chi connectivity index (χ2v) is 10.1. The van der Waals surface area contributed by atoms with E-state index in [0.29, 0.717) is 11.8 Å². The van der Waals surface area contributed by atoms with Crippen molar-refractivity contribution in [2.45, 2.75) is 129 Å². The molecular formula is C31H51N2+. The van der Waals surface area contributed by atoms with Gasteiger partial charge in [-0.2, -0.15) is 0 Å². The van der Waals surface area contributed by atoms with Gasteiger partial charge in [0.15, 0.2) is 12.4 Å². The Labute approximate surface area is 205 Å². The highest BCUT2D eigenvalue weighted by molar-refractivity contribution is 6.18. The third-order valence-electron chi connectivity index (χ3n) is 7.27. The second kappa shape index (κ2) is 18.8. The van der Waals surface area contributed by atoms with Crippen LogP contribution in [0.1, 0.15) is 129 Å². The summed E-state index contributed by atoms with van der Waals surface area (Å²) in [5.41, 5.74) is 1.47. The number of rotatable bonds is 21. The second-order valence-electron chi connectivity index (χ2n) is 10.1. The van der Waals surface area contributed by atoms with Gasteiger partial charge in [-0.15, -0.1) is 0 Å². The zero-order chi connectivity index (χ0) is 23.4.